The van der Waals surface area contributed by atoms with E-state index in [4.69, 9.17) is 9.40 Å². The number of aromatic nitrogens is 2. The van der Waals surface area contributed by atoms with Gasteiger partial charge < -0.3 is 13.9 Å². The first-order valence-electron chi connectivity index (χ1n) is 19.5. The van der Waals surface area contributed by atoms with Gasteiger partial charge in [-0.15, -0.1) is 11.3 Å². The van der Waals surface area contributed by atoms with Gasteiger partial charge in [-0.25, -0.2) is 4.98 Å². The smallest absolute Gasteiger partial charge is 0.227 e. The number of hydrogen-bond acceptors (Lipinski definition) is 4. The van der Waals surface area contributed by atoms with E-state index in [0.717, 1.165) is 50.5 Å². The second kappa shape index (κ2) is 13.1. The van der Waals surface area contributed by atoms with Gasteiger partial charge in [0, 0.05) is 48.6 Å². The first kappa shape index (κ1) is 32.7. The highest BCUT2D eigenvalue weighted by Gasteiger charge is 2.23. The van der Waals surface area contributed by atoms with Crippen molar-refractivity contribution >= 4 is 92.2 Å². The van der Waals surface area contributed by atoms with Gasteiger partial charge in [0.2, 0.25) is 5.89 Å². The van der Waals surface area contributed by atoms with E-state index in [1.165, 1.54) is 52.8 Å². The molecule has 272 valence electrons. The van der Waals surface area contributed by atoms with E-state index < -0.39 is 0 Å². The van der Waals surface area contributed by atoms with Crippen molar-refractivity contribution in [1.82, 2.24) is 9.55 Å². The summed E-state index contributed by atoms with van der Waals surface area (Å²) in [7, 11) is 0. The fourth-order valence-electron chi connectivity index (χ4n) is 8.76. The molecule has 58 heavy (non-hydrogen) atoms. The van der Waals surface area contributed by atoms with Crippen LogP contribution in [-0.2, 0) is 0 Å². The summed E-state index contributed by atoms with van der Waals surface area (Å²) >= 11 is 1.83. The van der Waals surface area contributed by atoms with Gasteiger partial charge >= 0.3 is 0 Å². The van der Waals surface area contributed by atoms with E-state index in [1.807, 2.05) is 47.7 Å². The van der Waals surface area contributed by atoms with Crippen LogP contribution < -0.4 is 4.90 Å². The third-order valence-corrected chi connectivity index (χ3v) is 12.6. The Hall–Kier alpha value is -7.47. The van der Waals surface area contributed by atoms with Gasteiger partial charge in [0.05, 0.1) is 27.1 Å². The lowest BCUT2D eigenvalue weighted by Gasteiger charge is -2.26. The molecule has 0 spiro atoms. The van der Waals surface area contributed by atoms with Crippen LogP contribution in [-0.4, -0.2) is 9.55 Å². The maximum absolute atomic E-state index is 6.70. The molecule has 0 bridgehead atoms. The van der Waals surface area contributed by atoms with E-state index in [0.29, 0.717) is 5.89 Å². The number of hydrogen-bond donors (Lipinski definition) is 0. The molecule has 0 atom stereocenters. The Morgan fingerprint density at radius 2 is 1.19 bits per heavy atom. The highest BCUT2D eigenvalue weighted by molar-refractivity contribution is 7.26. The monoisotopic (exact) mass is 759 g/mol. The molecule has 0 aliphatic rings. The summed E-state index contributed by atoms with van der Waals surface area (Å²) in [4.78, 5) is 7.34. The molecule has 0 amide bonds. The van der Waals surface area contributed by atoms with Gasteiger partial charge in [-0.05, 0) is 89.3 Å². The first-order chi connectivity index (χ1) is 28.8. The molecular formula is C53H33N3OS. The lowest BCUT2D eigenvalue weighted by atomic mass is 10.0. The highest BCUT2D eigenvalue weighted by Crippen LogP contribution is 2.47. The lowest BCUT2D eigenvalue weighted by Crippen LogP contribution is -2.10. The van der Waals surface area contributed by atoms with Gasteiger partial charge in [-0.2, -0.15) is 0 Å². The van der Waals surface area contributed by atoms with Crippen molar-refractivity contribution in [2.45, 2.75) is 0 Å². The second-order valence-corrected chi connectivity index (χ2v) is 15.8. The van der Waals surface area contributed by atoms with Crippen LogP contribution in [0.2, 0.25) is 0 Å². The Morgan fingerprint density at radius 3 is 2.09 bits per heavy atom. The van der Waals surface area contributed by atoms with Crippen molar-refractivity contribution in [3.05, 3.63) is 200 Å². The summed E-state index contributed by atoms with van der Waals surface area (Å²) in [5, 5.41) is 7.43. The van der Waals surface area contributed by atoms with Crippen LogP contribution in [0.25, 0.3) is 92.1 Å². The zero-order valence-corrected chi connectivity index (χ0v) is 32.0. The fourth-order valence-corrected chi connectivity index (χ4v) is 9.97. The van der Waals surface area contributed by atoms with Crippen LogP contribution in [0.5, 0.6) is 0 Å². The summed E-state index contributed by atoms with van der Waals surface area (Å²) in [6.07, 6.45) is 0. The Kier molecular flexibility index (Phi) is 7.37. The maximum Gasteiger partial charge on any atom is 0.227 e. The zero-order chi connectivity index (χ0) is 38.2. The molecule has 0 aliphatic heterocycles. The van der Waals surface area contributed by atoms with Gasteiger partial charge in [0.25, 0.3) is 0 Å². The average Bonchev–Trinajstić information content (AvgIpc) is 4.00. The van der Waals surface area contributed by atoms with Crippen LogP contribution >= 0.6 is 11.3 Å². The molecule has 12 rings (SSSR count). The predicted octanol–water partition coefficient (Wildman–Crippen LogP) is 15.2. The Morgan fingerprint density at radius 1 is 0.483 bits per heavy atom. The van der Waals surface area contributed by atoms with Gasteiger partial charge in [-0.1, -0.05) is 127 Å². The van der Waals surface area contributed by atoms with E-state index in [1.54, 1.807) is 0 Å². The summed E-state index contributed by atoms with van der Waals surface area (Å²) in [6.45, 7) is 0. The van der Waals surface area contributed by atoms with E-state index in [-0.39, 0.29) is 0 Å². The normalized spacial score (nSPS) is 11.8. The van der Waals surface area contributed by atoms with Gasteiger partial charge in [0.1, 0.15) is 5.52 Å². The van der Waals surface area contributed by atoms with Gasteiger partial charge in [0.15, 0.2) is 5.58 Å². The molecule has 0 saturated carbocycles. The number of oxazole rings is 1. The molecule has 0 radical (unpaired) electrons. The molecule has 0 saturated heterocycles. The Bertz CT molecular complexity index is 3530. The van der Waals surface area contributed by atoms with E-state index in [2.05, 4.69) is 173 Å². The molecular weight excluding hydrogens is 727 g/mol. The minimum Gasteiger partial charge on any atom is -0.434 e. The average molecular weight is 760 g/mol. The highest BCUT2D eigenvalue weighted by atomic mass is 32.1. The summed E-state index contributed by atoms with van der Waals surface area (Å²) in [5.41, 5.74) is 11.4. The molecule has 12 aromatic rings. The Balaban J connectivity index is 1.08. The number of rotatable bonds is 6. The molecule has 0 N–H and O–H groups in total. The van der Waals surface area contributed by atoms with Crippen LogP contribution in [0.4, 0.5) is 17.1 Å². The second-order valence-electron chi connectivity index (χ2n) is 14.7. The van der Waals surface area contributed by atoms with Crippen molar-refractivity contribution in [3.8, 4) is 28.3 Å². The molecule has 3 heterocycles. The van der Waals surface area contributed by atoms with Crippen LogP contribution in [0, 0.1) is 0 Å². The molecule has 3 aromatic heterocycles. The zero-order valence-electron chi connectivity index (χ0n) is 31.2. The molecule has 0 aliphatic carbocycles. The lowest BCUT2D eigenvalue weighted by molar-refractivity contribution is 0.620. The topological polar surface area (TPSA) is 34.2 Å². The summed E-state index contributed by atoms with van der Waals surface area (Å²) in [6, 6.07) is 71.5. The van der Waals surface area contributed by atoms with E-state index in [9.17, 15) is 0 Å². The molecule has 0 unspecified atom stereocenters. The van der Waals surface area contributed by atoms with Crippen molar-refractivity contribution in [2.24, 2.45) is 0 Å². The maximum atomic E-state index is 6.70. The first-order valence-corrected chi connectivity index (χ1v) is 20.4. The van der Waals surface area contributed by atoms with Crippen LogP contribution in [0.15, 0.2) is 205 Å². The fraction of sp³-hybridized carbons (Fsp3) is 0. The van der Waals surface area contributed by atoms with E-state index >= 15 is 0 Å². The standard InChI is InChI=1S/C53H33N3OS/c1-3-15-35(16-4-1)53-54-45-24-13-25-47(51(45)57-53)55(48-26-12-23-43-41-22-9-10-27-49(41)58-52(43)48)39-20-11-17-36(32-39)37-29-31-46-44(33-37)42-30-28-34-14-7-8-21-40(34)50(42)56(46)38-18-5-2-6-19-38/h1-33H. The number of nitrogens with zero attached hydrogens (tertiary/aromatic N) is 3. The summed E-state index contributed by atoms with van der Waals surface area (Å²) in [5.74, 6) is 0.604. The minimum absolute atomic E-state index is 0.604. The van der Waals surface area contributed by atoms with Crippen LogP contribution in [0.1, 0.15) is 0 Å². The summed E-state index contributed by atoms with van der Waals surface area (Å²) < 4.78 is 11.6. The molecule has 4 nitrogen and oxygen atoms in total. The van der Waals surface area contributed by atoms with Gasteiger partial charge in [-0.3, -0.25) is 0 Å². The number of para-hydroxylation sites is 2. The minimum atomic E-state index is 0.604. The molecule has 0 fully saturated rings. The SMILES string of the molecule is c1ccc(-c2nc3cccc(N(c4cccc(-c5ccc6c(c5)c5ccc7ccccc7c5n6-c5ccccc5)c4)c4cccc5c4sc4ccccc45)c3o2)cc1. The number of benzene rings is 9. The predicted molar refractivity (Wildman–Crippen MR) is 244 cm³/mol. The number of anilines is 3. The third kappa shape index (κ3) is 5.11. The third-order valence-electron chi connectivity index (χ3n) is 11.4. The largest absolute Gasteiger partial charge is 0.434 e. The quantitative estimate of drug-likeness (QED) is 0.169. The van der Waals surface area contributed by atoms with Crippen molar-refractivity contribution in [1.29, 1.82) is 0 Å². The number of thiophene rings is 1. The van der Waals surface area contributed by atoms with Crippen molar-refractivity contribution in [2.75, 3.05) is 4.90 Å². The Labute approximate surface area is 338 Å². The molecule has 5 heteroatoms. The van der Waals surface area contributed by atoms with Crippen LogP contribution in [0.3, 0.4) is 0 Å². The van der Waals surface area contributed by atoms with Crippen molar-refractivity contribution < 1.29 is 4.42 Å². The van der Waals surface area contributed by atoms with Crippen molar-refractivity contribution in [3.63, 3.8) is 0 Å². The molecule has 9 aromatic carbocycles. The number of fused-ring (bicyclic) bond motifs is 9.